The number of hydrogen-bond donors (Lipinski definition) is 1. The Hall–Kier alpha value is -1.85. The Morgan fingerprint density at radius 1 is 1.24 bits per heavy atom. The highest BCUT2D eigenvalue weighted by atomic mass is 79.9. The first-order valence-electron chi connectivity index (χ1n) is 6.36. The molecule has 0 fully saturated rings. The van der Waals surface area contributed by atoms with E-state index in [0.717, 1.165) is 26.6 Å². The molecule has 0 amide bonds. The zero-order valence-corrected chi connectivity index (χ0v) is 13.3. The van der Waals surface area contributed by atoms with Gasteiger partial charge in [0, 0.05) is 28.4 Å². The van der Waals surface area contributed by atoms with Crippen LogP contribution in [0.4, 0.5) is 5.69 Å². The molecular weight excluding hydrogens is 352 g/mol. The minimum absolute atomic E-state index is 0.671. The molecule has 3 aromatic rings. The summed E-state index contributed by atoms with van der Waals surface area (Å²) in [5, 5.41) is 8.19. The highest BCUT2D eigenvalue weighted by Crippen LogP contribution is 2.22. The number of benzene rings is 1. The van der Waals surface area contributed by atoms with Crippen molar-refractivity contribution in [2.45, 2.75) is 6.54 Å². The van der Waals surface area contributed by atoms with Crippen molar-refractivity contribution in [1.29, 1.82) is 0 Å². The smallest absolute Gasteiger partial charge is 0.153 e. The average molecular weight is 364 g/mol. The molecule has 0 saturated heterocycles. The van der Waals surface area contributed by atoms with Gasteiger partial charge in [0.05, 0.1) is 11.9 Å². The first-order valence-corrected chi connectivity index (χ1v) is 7.53. The van der Waals surface area contributed by atoms with Gasteiger partial charge in [-0.25, -0.2) is 9.67 Å². The van der Waals surface area contributed by atoms with Gasteiger partial charge in [-0.3, -0.25) is 0 Å². The molecule has 1 aromatic carbocycles. The van der Waals surface area contributed by atoms with Gasteiger partial charge in [0.1, 0.15) is 0 Å². The molecule has 0 aliphatic heterocycles. The predicted molar refractivity (Wildman–Crippen MR) is 87.8 cm³/mol. The van der Waals surface area contributed by atoms with Crippen LogP contribution < -0.4 is 5.32 Å². The highest BCUT2D eigenvalue weighted by molar-refractivity contribution is 9.10. The number of nitrogens with one attached hydrogen (secondary N) is 1. The maximum Gasteiger partial charge on any atom is 0.153 e. The van der Waals surface area contributed by atoms with E-state index in [1.54, 1.807) is 17.1 Å². The zero-order valence-electron chi connectivity index (χ0n) is 11.0. The second kappa shape index (κ2) is 6.28. The quantitative estimate of drug-likeness (QED) is 0.751. The van der Waals surface area contributed by atoms with E-state index in [2.05, 4.69) is 31.3 Å². The molecule has 0 unspecified atom stereocenters. The molecule has 0 radical (unpaired) electrons. The van der Waals surface area contributed by atoms with Crippen molar-refractivity contribution in [2.75, 3.05) is 5.32 Å². The number of aromatic nitrogens is 3. The lowest BCUT2D eigenvalue weighted by Gasteiger charge is -2.09. The van der Waals surface area contributed by atoms with Crippen molar-refractivity contribution in [2.24, 2.45) is 0 Å². The van der Waals surface area contributed by atoms with E-state index in [9.17, 15) is 0 Å². The standard InChI is InChI=1S/C15H12BrClN4/c16-14-4-2-12(17)8-11(14)9-18-13-3-5-15(19-10-13)21-7-1-6-20-21/h1-8,10,18H,9H2. The molecule has 2 aromatic heterocycles. The molecule has 3 rings (SSSR count). The Balaban J connectivity index is 1.70. The van der Waals surface area contributed by atoms with Crippen molar-refractivity contribution in [3.05, 3.63) is 70.0 Å². The molecule has 6 heteroatoms. The first-order chi connectivity index (χ1) is 10.2. The van der Waals surface area contributed by atoms with E-state index in [1.807, 2.05) is 42.6 Å². The topological polar surface area (TPSA) is 42.7 Å². The molecule has 0 bridgehead atoms. The molecule has 0 spiro atoms. The Morgan fingerprint density at radius 3 is 2.86 bits per heavy atom. The second-order valence-corrected chi connectivity index (χ2v) is 5.74. The van der Waals surface area contributed by atoms with Gasteiger partial charge >= 0.3 is 0 Å². The van der Waals surface area contributed by atoms with Crippen molar-refractivity contribution >= 4 is 33.2 Å². The molecule has 1 N–H and O–H groups in total. The molecule has 4 nitrogen and oxygen atoms in total. The molecule has 0 aliphatic rings. The van der Waals surface area contributed by atoms with E-state index >= 15 is 0 Å². The maximum absolute atomic E-state index is 6.01. The average Bonchev–Trinajstić information content (AvgIpc) is 3.03. The summed E-state index contributed by atoms with van der Waals surface area (Å²) in [6.07, 6.45) is 5.37. The number of rotatable bonds is 4. The van der Waals surface area contributed by atoms with Crippen molar-refractivity contribution in [3.63, 3.8) is 0 Å². The predicted octanol–water partition coefficient (Wildman–Crippen LogP) is 4.30. The highest BCUT2D eigenvalue weighted by Gasteiger charge is 2.02. The fourth-order valence-electron chi connectivity index (χ4n) is 1.91. The third kappa shape index (κ3) is 3.43. The van der Waals surface area contributed by atoms with Crippen LogP contribution in [0.1, 0.15) is 5.56 Å². The Kier molecular flexibility index (Phi) is 4.22. The molecule has 0 atom stereocenters. The van der Waals surface area contributed by atoms with Crippen molar-refractivity contribution in [3.8, 4) is 5.82 Å². The van der Waals surface area contributed by atoms with Crippen LogP contribution in [-0.2, 0) is 6.54 Å². The van der Waals surface area contributed by atoms with Crippen LogP contribution in [0.2, 0.25) is 5.02 Å². The summed E-state index contributed by atoms with van der Waals surface area (Å²) in [6, 6.07) is 11.5. The number of halogens is 2. The third-order valence-corrected chi connectivity index (χ3v) is 3.99. The summed E-state index contributed by atoms with van der Waals surface area (Å²) >= 11 is 9.52. The van der Waals surface area contributed by atoms with Gasteiger partial charge in [0.15, 0.2) is 5.82 Å². The Labute approximate surface area is 135 Å². The summed E-state index contributed by atoms with van der Waals surface area (Å²) in [7, 11) is 0. The third-order valence-electron chi connectivity index (χ3n) is 2.98. The lowest BCUT2D eigenvalue weighted by Crippen LogP contribution is -2.02. The summed E-state index contributed by atoms with van der Waals surface area (Å²) < 4.78 is 2.75. The van der Waals surface area contributed by atoms with Crippen LogP contribution >= 0.6 is 27.5 Å². The first kappa shape index (κ1) is 14.1. The van der Waals surface area contributed by atoms with Crippen LogP contribution in [0.3, 0.4) is 0 Å². The van der Waals surface area contributed by atoms with Crippen LogP contribution in [0, 0.1) is 0 Å². The van der Waals surface area contributed by atoms with Crippen molar-refractivity contribution < 1.29 is 0 Å². The normalized spacial score (nSPS) is 10.6. The minimum atomic E-state index is 0.671. The lowest BCUT2D eigenvalue weighted by molar-refractivity contribution is 0.847. The Morgan fingerprint density at radius 2 is 2.14 bits per heavy atom. The molecule has 106 valence electrons. The summed E-state index contributed by atoms with van der Waals surface area (Å²) in [5.74, 6) is 0.787. The van der Waals surface area contributed by atoms with Gasteiger partial charge < -0.3 is 5.32 Å². The SMILES string of the molecule is Clc1ccc(Br)c(CNc2ccc(-n3cccn3)nc2)c1. The van der Waals surface area contributed by atoms with Crippen LogP contribution in [0.25, 0.3) is 5.82 Å². The number of nitrogens with zero attached hydrogens (tertiary/aromatic N) is 3. The van der Waals surface area contributed by atoms with Crippen LogP contribution in [0.5, 0.6) is 0 Å². The monoisotopic (exact) mass is 362 g/mol. The van der Waals surface area contributed by atoms with Gasteiger partial charge in [-0.15, -0.1) is 0 Å². The van der Waals surface area contributed by atoms with E-state index < -0.39 is 0 Å². The molecule has 21 heavy (non-hydrogen) atoms. The van der Waals surface area contributed by atoms with Crippen LogP contribution in [-0.4, -0.2) is 14.8 Å². The second-order valence-electron chi connectivity index (χ2n) is 4.44. The lowest BCUT2D eigenvalue weighted by atomic mass is 10.2. The molecule has 0 aliphatic carbocycles. The summed E-state index contributed by atoms with van der Waals surface area (Å²) in [5.41, 5.74) is 2.04. The van der Waals surface area contributed by atoms with Gasteiger partial charge in [-0.2, -0.15) is 5.10 Å². The molecule has 2 heterocycles. The summed E-state index contributed by atoms with van der Waals surface area (Å²) in [4.78, 5) is 4.37. The zero-order chi connectivity index (χ0) is 14.7. The van der Waals surface area contributed by atoms with Crippen molar-refractivity contribution in [1.82, 2.24) is 14.8 Å². The molecule has 0 saturated carbocycles. The van der Waals surface area contributed by atoms with E-state index in [4.69, 9.17) is 11.6 Å². The molecular formula is C15H12BrClN4. The number of anilines is 1. The van der Waals surface area contributed by atoms with Gasteiger partial charge in [0.25, 0.3) is 0 Å². The minimum Gasteiger partial charge on any atom is -0.380 e. The number of hydrogen-bond acceptors (Lipinski definition) is 3. The largest absolute Gasteiger partial charge is 0.380 e. The Bertz CT molecular complexity index is 726. The number of pyridine rings is 1. The fraction of sp³-hybridized carbons (Fsp3) is 0.0667. The van der Waals surface area contributed by atoms with Gasteiger partial charge in [-0.05, 0) is 42.0 Å². The summed E-state index contributed by atoms with van der Waals surface area (Å²) in [6.45, 7) is 0.671. The van der Waals surface area contributed by atoms with Gasteiger partial charge in [0.2, 0.25) is 0 Å². The van der Waals surface area contributed by atoms with Crippen LogP contribution in [0.15, 0.2) is 59.5 Å². The van der Waals surface area contributed by atoms with E-state index in [-0.39, 0.29) is 0 Å². The van der Waals surface area contributed by atoms with E-state index in [0.29, 0.717) is 6.54 Å². The fourth-order valence-corrected chi connectivity index (χ4v) is 2.49. The van der Waals surface area contributed by atoms with Gasteiger partial charge in [-0.1, -0.05) is 27.5 Å². The van der Waals surface area contributed by atoms with E-state index in [1.165, 1.54) is 0 Å². The maximum atomic E-state index is 6.01.